The highest BCUT2D eigenvalue weighted by Gasteiger charge is 2.30. The number of aromatic nitrogens is 3. The Morgan fingerprint density at radius 3 is 2.62 bits per heavy atom. The van der Waals surface area contributed by atoms with Crippen molar-refractivity contribution >= 4 is 22.8 Å². The number of aryl methyl sites for hydroxylation is 2. The number of pyridine rings is 1. The van der Waals surface area contributed by atoms with Crippen molar-refractivity contribution in [2.45, 2.75) is 58.9 Å². The van der Waals surface area contributed by atoms with E-state index >= 15 is 0 Å². The Balaban J connectivity index is 2.02. The van der Waals surface area contributed by atoms with Crippen LogP contribution in [0.1, 0.15) is 57.1 Å². The van der Waals surface area contributed by atoms with Crippen molar-refractivity contribution in [3.8, 4) is 0 Å². The minimum absolute atomic E-state index is 0.475. The number of halogens is 1. The number of rotatable bonds is 3. The lowest BCUT2D eigenvalue weighted by Gasteiger charge is -2.35. The van der Waals surface area contributed by atoms with Gasteiger partial charge in [0.15, 0.2) is 5.65 Å². The molecule has 0 N–H and O–H groups in total. The van der Waals surface area contributed by atoms with E-state index in [0.717, 1.165) is 29.1 Å². The minimum Gasteiger partial charge on any atom is -0.310 e. The van der Waals surface area contributed by atoms with Crippen LogP contribution >= 0.6 is 11.6 Å². The van der Waals surface area contributed by atoms with E-state index in [-0.39, 0.29) is 0 Å². The maximum atomic E-state index is 5.98. The molecule has 1 fully saturated rings. The summed E-state index contributed by atoms with van der Waals surface area (Å²) in [5.74, 6) is 1.71. The second kappa shape index (κ2) is 5.60. The number of fused-ring (bicyclic) bond motifs is 1. The van der Waals surface area contributed by atoms with E-state index < -0.39 is 0 Å². The summed E-state index contributed by atoms with van der Waals surface area (Å²) in [4.78, 5) is 9.52. The third kappa shape index (κ3) is 2.94. The Labute approximate surface area is 131 Å². The van der Waals surface area contributed by atoms with E-state index in [2.05, 4.69) is 24.5 Å². The van der Waals surface area contributed by atoms with Crippen molar-refractivity contribution < 1.29 is 0 Å². The highest BCUT2D eigenvalue weighted by atomic mass is 35.5. The zero-order chi connectivity index (χ0) is 15.0. The lowest BCUT2D eigenvalue weighted by atomic mass is 9.75. The van der Waals surface area contributed by atoms with Gasteiger partial charge in [-0.05, 0) is 50.2 Å². The van der Waals surface area contributed by atoms with Gasteiger partial charge in [0.1, 0.15) is 11.3 Å². The molecule has 1 aliphatic carbocycles. The van der Waals surface area contributed by atoms with Crippen molar-refractivity contribution in [1.29, 1.82) is 0 Å². The third-order valence-corrected chi connectivity index (χ3v) is 4.93. The molecule has 0 aliphatic heterocycles. The SMILES string of the molecule is Cc1ccc2nc(CCCl)n(C3CCC(C)(C)CC3)c2n1. The molecule has 0 unspecified atom stereocenters. The summed E-state index contributed by atoms with van der Waals surface area (Å²) in [6.07, 6.45) is 5.77. The summed E-state index contributed by atoms with van der Waals surface area (Å²) >= 11 is 5.98. The second-order valence-electron chi connectivity index (χ2n) is 7.03. The summed E-state index contributed by atoms with van der Waals surface area (Å²) in [5, 5.41) is 0. The first-order valence-corrected chi connectivity index (χ1v) is 8.44. The molecule has 2 heterocycles. The Kier molecular flexibility index (Phi) is 3.96. The summed E-state index contributed by atoms with van der Waals surface area (Å²) in [6.45, 7) is 6.79. The van der Waals surface area contributed by atoms with Gasteiger partial charge < -0.3 is 4.57 Å². The van der Waals surface area contributed by atoms with Gasteiger partial charge >= 0.3 is 0 Å². The van der Waals surface area contributed by atoms with E-state index in [0.29, 0.717) is 17.3 Å². The van der Waals surface area contributed by atoms with Gasteiger partial charge in [0.05, 0.1) is 0 Å². The molecule has 0 bridgehead atoms. The highest BCUT2D eigenvalue weighted by molar-refractivity contribution is 6.17. The van der Waals surface area contributed by atoms with Crippen molar-refractivity contribution in [3.05, 3.63) is 23.7 Å². The highest BCUT2D eigenvalue weighted by Crippen LogP contribution is 2.41. The fraction of sp³-hybridized carbons (Fsp3) is 0.647. The lowest BCUT2D eigenvalue weighted by Crippen LogP contribution is -2.24. The maximum absolute atomic E-state index is 5.98. The molecule has 3 rings (SSSR count). The van der Waals surface area contributed by atoms with Crippen LogP contribution < -0.4 is 0 Å². The Bertz CT molecular complexity index is 635. The number of alkyl halides is 1. The van der Waals surface area contributed by atoms with Crippen LogP contribution in [0, 0.1) is 12.3 Å². The molecule has 1 aliphatic rings. The first-order valence-electron chi connectivity index (χ1n) is 7.90. The molecule has 1 saturated carbocycles. The van der Waals surface area contributed by atoms with Crippen LogP contribution in [0.15, 0.2) is 12.1 Å². The molecule has 2 aromatic rings. The molecule has 0 saturated heterocycles. The second-order valence-corrected chi connectivity index (χ2v) is 7.41. The Hall–Kier alpha value is -1.09. The molecule has 0 spiro atoms. The maximum Gasteiger partial charge on any atom is 0.160 e. The lowest BCUT2D eigenvalue weighted by molar-refractivity contribution is 0.193. The fourth-order valence-corrected chi connectivity index (χ4v) is 3.57. The number of imidazole rings is 1. The van der Waals surface area contributed by atoms with Crippen molar-refractivity contribution in [3.63, 3.8) is 0 Å². The number of nitrogens with zero attached hydrogens (tertiary/aromatic N) is 3. The average Bonchev–Trinajstić information content (AvgIpc) is 2.77. The minimum atomic E-state index is 0.475. The molecule has 114 valence electrons. The normalized spacial score (nSPS) is 19.2. The summed E-state index contributed by atoms with van der Waals surface area (Å²) < 4.78 is 2.37. The van der Waals surface area contributed by atoms with Gasteiger partial charge in [0, 0.05) is 24.0 Å². The summed E-state index contributed by atoms with van der Waals surface area (Å²) in [7, 11) is 0. The zero-order valence-electron chi connectivity index (χ0n) is 13.2. The van der Waals surface area contributed by atoms with Gasteiger partial charge in [-0.15, -0.1) is 11.6 Å². The van der Waals surface area contributed by atoms with Crippen molar-refractivity contribution in [1.82, 2.24) is 14.5 Å². The topological polar surface area (TPSA) is 30.7 Å². The first kappa shape index (κ1) is 14.8. The summed E-state index contributed by atoms with van der Waals surface area (Å²) in [6, 6.07) is 4.64. The quantitative estimate of drug-likeness (QED) is 0.772. The van der Waals surface area contributed by atoms with Crippen molar-refractivity contribution in [2.24, 2.45) is 5.41 Å². The average molecular weight is 306 g/mol. The standard InChI is InChI=1S/C17H24ClN3/c1-12-4-5-14-16(19-12)21(15(20-14)8-11-18)13-6-9-17(2,3)10-7-13/h4-5,13H,6-11H2,1-3H3. The van der Waals surface area contributed by atoms with E-state index in [9.17, 15) is 0 Å². The molecule has 21 heavy (non-hydrogen) atoms. The molecule has 0 aromatic carbocycles. The van der Waals surface area contributed by atoms with Crippen LogP contribution in [-0.4, -0.2) is 20.4 Å². The van der Waals surface area contributed by atoms with Gasteiger partial charge in [-0.2, -0.15) is 0 Å². The van der Waals surface area contributed by atoms with Crippen molar-refractivity contribution in [2.75, 3.05) is 5.88 Å². The number of hydrogen-bond donors (Lipinski definition) is 0. The summed E-state index contributed by atoms with van der Waals surface area (Å²) in [5.41, 5.74) is 3.57. The van der Waals surface area contributed by atoms with Crippen LogP contribution in [0.2, 0.25) is 0 Å². The largest absolute Gasteiger partial charge is 0.310 e. The van der Waals surface area contributed by atoms with Crippen LogP contribution in [0.4, 0.5) is 0 Å². The molecule has 3 nitrogen and oxygen atoms in total. The van der Waals surface area contributed by atoms with Crippen LogP contribution in [-0.2, 0) is 6.42 Å². The smallest absolute Gasteiger partial charge is 0.160 e. The third-order valence-electron chi connectivity index (χ3n) is 4.74. The molecule has 0 radical (unpaired) electrons. The van der Waals surface area contributed by atoms with Crippen LogP contribution in [0.3, 0.4) is 0 Å². The van der Waals surface area contributed by atoms with Gasteiger partial charge in [-0.25, -0.2) is 9.97 Å². The monoisotopic (exact) mass is 305 g/mol. The predicted molar refractivity (Wildman–Crippen MR) is 88.0 cm³/mol. The molecular formula is C17H24ClN3. The van der Waals surface area contributed by atoms with Gasteiger partial charge in [-0.3, -0.25) is 0 Å². The van der Waals surface area contributed by atoms with Gasteiger partial charge in [-0.1, -0.05) is 13.8 Å². The molecule has 2 aromatic heterocycles. The zero-order valence-corrected chi connectivity index (χ0v) is 14.0. The number of hydrogen-bond acceptors (Lipinski definition) is 2. The first-order chi connectivity index (χ1) is 10.00. The Morgan fingerprint density at radius 2 is 1.95 bits per heavy atom. The van der Waals surface area contributed by atoms with Gasteiger partial charge in [0.2, 0.25) is 0 Å². The Morgan fingerprint density at radius 1 is 1.24 bits per heavy atom. The predicted octanol–water partition coefficient (Wildman–Crippen LogP) is 4.66. The molecular weight excluding hydrogens is 282 g/mol. The fourth-order valence-electron chi connectivity index (χ4n) is 3.40. The van der Waals surface area contributed by atoms with Gasteiger partial charge in [0.25, 0.3) is 0 Å². The van der Waals surface area contributed by atoms with E-state index in [4.69, 9.17) is 21.6 Å². The molecule has 0 atom stereocenters. The van der Waals surface area contributed by atoms with E-state index in [1.54, 1.807) is 0 Å². The molecule has 4 heteroatoms. The van der Waals surface area contributed by atoms with Crippen LogP contribution in [0.5, 0.6) is 0 Å². The van der Waals surface area contributed by atoms with E-state index in [1.807, 2.05) is 13.0 Å². The van der Waals surface area contributed by atoms with E-state index in [1.165, 1.54) is 25.7 Å². The molecule has 0 amide bonds. The van der Waals surface area contributed by atoms with Crippen LogP contribution in [0.25, 0.3) is 11.2 Å².